The number of fused-ring (bicyclic) bond motifs is 1. The quantitative estimate of drug-likeness (QED) is 0.476. The molecule has 5 rings (SSSR count). The largest absolute Gasteiger partial charge is 0.339 e. The lowest BCUT2D eigenvalue weighted by atomic mass is 10.1. The third kappa shape index (κ3) is 4.02. The minimum absolute atomic E-state index is 0.412. The van der Waals surface area contributed by atoms with Crippen LogP contribution in [0.2, 0.25) is 0 Å². The van der Waals surface area contributed by atoms with Crippen LogP contribution in [0.3, 0.4) is 0 Å². The zero-order valence-corrected chi connectivity index (χ0v) is 18.5. The van der Waals surface area contributed by atoms with Crippen LogP contribution in [0.5, 0.6) is 0 Å². The maximum atomic E-state index is 8.29. The normalized spacial score (nSPS) is 17.3. The Balaban J connectivity index is 0.000000730. The minimum Gasteiger partial charge on any atom is -0.339 e. The fourth-order valence-corrected chi connectivity index (χ4v) is 3.66. The Morgan fingerprint density at radius 2 is 1.94 bits per heavy atom. The molecule has 0 amide bonds. The van der Waals surface area contributed by atoms with E-state index < -0.39 is 11.6 Å². The van der Waals surface area contributed by atoms with Gasteiger partial charge in [0.25, 0.3) is 0 Å². The average molecular weight is 439 g/mol. The molecule has 10 heteroatoms. The molecule has 1 aliphatic rings. The van der Waals surface area contributed by atoms with Crippen molar-refractivity contribution in [1.82, 2.24) is 29.7 Å². The van der Waals surface area contributed by atoms with Gasteiger partial charge in [0.05, 0.1) is 0 Å². The van der Waals surface area contributed by atoms with Crippen molar-refractivity contribution in [2.45, 2.75) is 39.5 Å². The highest BCUT2D eigenvalue weighted by atomic mass is 32.1. The number of aryl methyl sites for hydroxylation is 3. The van der Waals surface area contributed by atoms with Crippen molar-refractivity contribution in [3.05, 3.63) is 41.5 Å². The molecule has 0 radical (unpaired) electrons. The summed E-state index contributed by atoms with van der Waals surface area (Å²) in [5.74, 6) is 3.20. The summed E-state index contributed by atoms with van der Waals surface area (Å²) in [5, 5.41) is 4.17. The van der Waals surface area contributed by atoms with E-state index in [2.05, 4.69) is 35.0 Å². The lowest BCUT2D eigenvalue weighted by Gasteiger charge is -2.08. The standard InChI is InChI=1S/C21H22N6O.O2S/c1-5-13-8-14(18-25-21(28-26-18)15-7-12(15)3)10-22-17(13)20-24-16-6-11(2)9-23-19(16)27(20)4;1-3-2/h6,8-10,12,15H,5,7H2,1-4H3;. The van der Waals surface area contributed by atoms with Crippen LogP contribution in [-0.2, 0) is 25.0 Å². The van der Waals surface area contributed by atoms with E-state index in [1.165, 1.54) is 0 Å². The molecule has 1 fully saturated rings. The molecule has 4 aromatic rings. The third-order valence-electron chi connectivity index (χ3n) is 5.53. The van der Waals surface area contributed by atoms with E-state index in [-0.39, 0.29) is 0 Å². The summed E-state index contributed by atoms with van der Waals surface area (Å²) in [4.78, 5) is 18.6. The van der Waals surface area contributed by atoms with E-state index in [1.54, 1.807) is 6.20 Å². The van der Waals surface area contributed by atoms with E-state index in [1.807, 2.05) is 30.8 Å². The number of rotatable bonds is 4. The second-order valence-corrected chi connectivity index (χ2v) is 7.91. The van der Waals surface area contributed by atoms with Crippen LogP contribution in [-0.4, -0.2) is 38.1 Å². The van der Waals surface area contributed by atoms with E-state index in [4.69, 9.17) is 22.9 Å². The monoisotopic (exact) mass is 438 g/mol. The second kappa shape index (κ2) is 8.46. The molecule has 4 heterocycles. The Bertz CT molecular complexity index is 1290. The zero-order valence-electron chi connectivity index (χ0n) is 17.7. The van der Waals surface area contributed by atoms with Crippen LogP contribution in [0.4, 0.5) is 0 Å². The molecule has 0 aromatic carbocycles. The fraction of sp³-hybridized carbons (Fsp3) is 0.381. The molecular formula is C21H22N6O3S. The zero-order chi connectivity index (χ0) is 22.1. The number of aromatic nitrogens is 6. The Morgan fingerprint density at radius 3 is 2.61 bits per heavy atom. The smallest absolute Gasteiger partial charge is 0.335 e. The summed E-state index contributed by atoms with van der Waals surface area (Å²) in [6, 6.07) is 4.14. The van der Waals surface area contributed by atoms with Gasteiger partial charge in [-0.1, -0.05) is 19.0 Å². The van der Waals surface area contributed by atoms with E-state index in [9.17, 15) is 0 Å². The van der Waals surface area contributed by atoms with Crippen molar-refractivity contribution in [2.24, 2.45) is 13.0 Å². The summed E-state index contributed by atoms with van der Waals surface area (Å²) in [7, 11) is 1.98. The van der Waals surface area contributed by atoms with E-state index >= 15 is 0 Å². The van der Waals surface area contributed by atoms with Crippen LogP contribution >= 0.6 is 0 Å². The van der Waals surface area contributed by atoms with Crippen molar-refractivity contribution in [3.8, 4) is 22.9 Å². The first-order valence-corrected chi connectivity index (χ1v) is 10.7. The summed E-state index contributed by atoms with van der Waals surface area (Å²) in [6.45, 7) is 6.34. The number of imidazole rings is 1. The topological polar surface area (TPSA) is 117 Å². The lowest BCUT2D eigenvalue weighted by Crippen LogP contribution is -2.00. The average Bonchev–Trinajstić information content (AvgIpc) is 3.16. The SMILES string of the molecule is CCc1cc(-c2noc(C3CC3C)n2)cnc1-c1nc2cc(C)cnc2n1C.O=S=O. The molecule has 0 spiro atoms. The predicted molar refractivity (Wildman–Crippen MR) is 115 cm³/mol. The lowest BCUT2D eigenvalue weighted by molar-refractivity contribution is 0.377. The molecule has 0 aliphatic heterocycles. The Labute approximate surface area is 182 Å². The van der Waals surface area contributed by atoms with Crippen molar-refractivity contribution in [2.75, 3.05) is 0 Å². The van der Waals surface area contributed by atoms with Gasteiger partial charge in [0, 0.05) is 30.9 Å². The van der Waals surface area contributed by atoms with Gasteiger partial charge in [0.2, 0.25) is 11.7 Å². The molecule has 2 atom stereocenters. The first-order chi connectivity index (χ1) is 15.0. The first kappa shape index (κ1) is 21.0. The molecule has 0 N–H and O–H groups in total. The maximum Gasteiger partial charge on any atom is 0.335 e. The molecule has 1 aliphatic carbocycles. The van der Waals surface area contributed by atoms with Gasteiger partial charge in [-0.2, -0.15) is 13.4 Å². The van der Waals surface area contributed by atoms with Crippen LogP contribution < -0.4 is 0 Å². The molecule has 31 heavy (non-hydrogen) atoms. The summed E-state index contributed by atoms with van der Waals surface area (Å²) in [6.07, 6.45) is 5.62. The Kier molecular flexibility index (Phi) is 5.73. The second-order valence-electron chi connectivity index (χ2n) is 7.78. The summed E-state index contributed by atoms with van der Waals surface area (Å²) >= 11 is -0.750. The first-order valence-electron chi connectivity index (χ1n) is 10.0. The van der Waals surface area contributed by atoms with Crippen molar-refractivity contribution in [1.29, 1.82) is 0 Å². The molecule has 160 valence electrons. The maximum absolute atomic E-state index is 8.29. The number of pyridine rings is 2. The van der Waals surface area contributed by atoms with Gasteiger partial charge in [-0.05, 0) is 48.9 Å². The van der Waals surface area contributed by atoms with Crippen LogP contribution in [0.1, 0.15) is 43.2 Å². The van der Waals surface area contributed by atoms with Gasteiger partial charge < -0.3 is 9.09 Å². The van der Waals surface area contributed by atoms with Gasteiger partial charge in [0.15, 0.2) is 11.5 Å². The highest BCUT2D eigenvalue weighted by Crippen LogP contribution is 2.46. The summed E-state index contributed by atoms with van der Waals surface area (Å²) < 4.78 is 24.0. The molecule has 0 bridgehead atoms. The Morgan fingerprint density at radius 1 is 1.19 bits per heavy atom. The number of hydrogen-bond acceptors (Lipinski definition) is 8. The van der Waals surface area contributed by atoms with Crippen LogP contribution in [0, 0.1) is 12.8 Å². The van der Waals surface area contributed by atoms with Gasteiger partial charge in [-0.15, -0.1) is 0 Å². The van der Waals surface area contributed by atoms with Gasteiger partial charge in [0.1, 0.15) is 11.2 Å². The van der Waals surface area contributed by atoms with E-state index in [0.717, 1.165) is 58.1 Å². The summed E-state index contributed by atoms with van der Waals surface area (Å²) in [5.41, 5.74) is 5.66. The van der Waals surface area contributed by atoms with Crippen molar-refractivity contribution >= 4 is 22.7 Å². The number of nitrogens with zero attached hydrogens (tertiary/aromatic N) is 6. The van der Waals surface area contributed by atoms with Crippen LogP contribution in [0.15, 0.2) is 29.0 Å². The van der Waals surface area contributed by atoms with Crippen molar-refractivity contribution in [3.63, 3.8) is 0 Å². The van der Waals surface area contributed by atoms with Crippen LogP contribution in [0.25, 0.3) is 34.1 Å². The fourth-order valence-electron chi connectivity index (χ4n) is 3.66. The molecule has 1 saturated carbocycles. The molecule has 2 unspecified atom stereocenters. The van der Waals surface area contributed by atoms with E-state index in [0.29, 0.717) is 17.7 Å². The van der Waals surface area contributed by atoms with Gasteiger partial charge in [-0.25, -0.2) is 9.97 Å². The predicted octanol–water partition coefficient (Wildman–Crippen LogP) is 3.40. The molecule has 4 aromatic heterocycles. The minimum atomic E-state index is -0.750. The highest BCUT2D eigenvalue weighted by molar-refractivity contribution is 7.51. The molecule has 0 saturated heterocycles. The molecular weight excluding hydrogens is 416 g/mol. The molecule has 9 nitrogen and oxygen atoms in total. The third-order valence-corrected chi connectivity index (χ3v) is 5.53. The van der Waals surface area contributed by atoms with Gasteiger partial charge >= 0.3 is 11.6 Å². The Hall–Kier alpha value is -3.27. The van der Waals surface area contributed by atoms with Crippen molar-refractivity contribution < 1.29 is 12.9 Å². The van der Waals surface area contributed by atoms with Gasteiger partial charge in [-0.3, -0.25) is 4.98 Å². The number of hydrogen-bond donors (Lipinski definition) is 0. The highest BCUT2D eigenvalue weighted by Gasteiger charge is 2.39.